The fourth-order valence-electron chi connectivity index (χ4n) is 4.92. The third kappa shape index (κ3) is 4.95. The number of anilines is 1. The van der Waals surface area contributed by atoms with Crippen LogP contribution in [0.3, 0.4) is 0 Å². The van der Waals surface area contributed by atoms with Crippen molar-refractivity contribution in [2.45, 2.75) is 51.9 Å². The quantitative estimate of drug-likeness (QED) is 0.697. The molecule has 0 spiro atoms. The first-order chi connectivity index (χ1) is 15.6. The second-order valence-electron chi connectivity index (χ2n) is 8.88. The molecule has 2 saturated heterocycles. The van der Waals surface area contributed by atoms with Crippen molar-refractivity contribution in [3.8, 4) is 0 Å². The highest BCUT2D eigenvalue weighted by Crippen LogP contribution is 2.30. The Morgan fingerprint density at radius 2 is 1.67 bits per heavy atom. The van der Waals surface area contributed by atoms with Gasteiger partial charge in [-0.25, -0.2) is 15.0 Å². The average Bonchev–Trinajstić information content (AvgIpc) is 2.78. The van der Waals surface area contributed by atoms with E-state index in [-0.39, 0.29) is 11.9 Å². The maximum absolute atomic E-state index is 13.0. The van der Waals surface area contributed by atoms with E-state index in [1.54, 1.807) is 0 Å². The monoisotopic (exact) mass is 462 g/mol. The average molecular weight is 463 g/mol. The predicted octanol–water partition coefficient (Wildman–Crippen LogP) is 3.32. The van der Waals surface area contributed by atoms with Crippen molar-refractivity contribution >= 4 is 11.7 Å². The lowest BCUT2D eigenvalue weighted by molar-refractivity contribution is -0.137. The van der Waals surface area contributed by atoms with E-state index in [2.05, 4.69) is 26.8 Å². The van der Waals surface area contributed by atoms with Crippen LogP contribution in [0.5, 0.6) is 0 Å². The molecule has 4 heterocycles. The van der Waals surface area contributed by atoms with Crippen LogP contribution >= 0.6 is 0 Å². The van der Waals surface area contributed by atoms with Crippen molar-refractivity contribution in [1.29, 1.82) is 0 Å². The Balaban J connectivity index is 1.33. The van der Waals surface area contributed by atoms with Gasteiger partial charge in [-0.15, -0.1) is 0 Å². The van der Waals surface area contributed by atoms with Gasteiger partial charge < -0.3 is 9.80 Å². The molecule has 1 amide bonds. The number of piperidine rings is 1. The number of alkyl halides is 3. The van der Waals surface area contributed by atoms with Crippen LogP contribution in [-0.2, 0) is 6.18 Å². The van der Waals surface area contributed by atoms with Gasteiger partial charge in [-0.1, -0.05) is 0 Å². The molecule has 2 aromatic rings. The molecule has 33 heavy (non-hydrogen) atoms. The number of carbonyl (C=O) groups excluding carboxylic acids is 1. The zero-order chi connectivity index (χ0) is 23.8. The molecular weight excluding hydrogens is 433 g/mol. The van der Waals surface area contributed by atoms with Crippen LogP contribution in [0.4, 0.5) is 19.0 Å². The first-order valence-corrected chi connectivity index (χ1v) is 11.3. The molecule has 1 atom stereocenters. The van der Waals surface area contributed by atoms with Gasteiger partial charge in [0, 0.05) is 51.0 Å². The molecule has 7 nitrogen and oxygen atoms in total. The van der Waals surface area contributed by atoms with Crippen LogP contribution < -0.4 is 4.90 Å². The summed E-state index contributed by atoms with van der Waals surface area (Å²) < 4.78 is 38.4. The smallest absolute Gasteiger partial charge is 0.354 e. The van der Waals surface area contributed by atoms with Crippen molar-refractivity contribution in [2.24, 2.45) is 0 Å². The Kier molecular flexibility index (Phi) is 6.56. The number of pyridine rings is 1. The minimum atomic E-state index is -4.38. The van der Waals surface area contributed by atoms with Crippen LogP contribution in [0, 0.1) is 13.8 Å². The number of amides is 1. The third-order valence-electron chi connectivity index (χ3n) is 6.74. The Morgan fingerprint density at radius 3 is 2.21 bits per heavy atom. The number of rotatable bonds is 3. The zero-order valence-electron chi connectivity index (χ0n) is 19.1. The molecule has 0 aliphatic carbocycles. The molecule has 2 aliphatic heterocycles. The van der Waals surface area contributed by atoms with Crippen LogP contribution in [0.15, 0.2) is 24.7 Å². The normalized spacial score (nSPS) is 20.8. The molecule has 2 aliphatic rings. The van der Waals surface area contributed by atoms with Gasteiger partial charge in [0.05, 0.1) is 22.5 Å². The lowest BCUT2D eigenvalue weighted by Crippen LogP contribution is -2.58. The van der Waals surface area contributed by atoms with Gasteiger partial charge in [0.2, 0.25) is 0 Å². The molecule has 10 heteroatoms. The fourth-order valence-corrected chi connectivity index (χ4v) is 4.92. The number of hydrogen-bond acceptors (Lipinski definition) is 6. The largest absolute Gasteiger partial charge is 0.417 e. The topological polar surface area (TPSA) is 65.5 Å². The summed E-state index contributed by atoms with van der Waals surface area (Å²) in [6.07, 6.45) is -0.214. The number of likely N-dealkylation sites (tertiary alicyclic amines) is 1. The molecule has 0 saturated carbocycles. The first-order valence-electron chi connectivity index (χ1n) is 11.3. The second kappa shape index (κ2) is 9.24. The molecule has 178 valence electrons. The lowest BCUT2D eigenvalue weighted by Gasteiger charge is -2.46. The van der Waals surface area contributed by atoms with Gasteiger partial charge in [0.25, 0.3) is 5.91 Å². The minimum absolute atomic E-state index is 0.00436. The predicted molar refractivity (Wildman–Crippen MR) is 118 cm³/mol. The Morgan fingerprint density at radius 1 is 1.00 bits per heavy atom. The van der Waals surface area contributed by atoms with E-state index in [0.29, 0.717) is 55.0 Å². The van der Waals surface area contributed by atoms with E-state index < -0.39 is 11.7 Å². The van der Waals surface area contributed by atoms with Gasteiger partial charge in [-0.05, 0) is 45.7 Å². The van der Waals surface area contributed by atoms with Crippen molar-refractivity contribution in [3.05, 3.63) is 47.2 Å². The number of nitrogens with zero attached hydrogens (tertiary/aromatic N) is 6. The third-order valence-corrected chi connectivity index (χ3v) is 6.74. The molecule has 1 unspecified atom stereocenters. The van der Waals surface area contributed by atoms with Crippen LogP contribution in [-0.4, -0.2) is 75.5 Å². The zero-order valence-corrected chi connectivity index (χ0v) is 19.1. The highest BCUT2D eigenvalue weighted by atomic mass is 19.4. The number of piperazine rings is 1. The molecule has 2 fully saturated rings. The maximum Gasteiger partial charge on any atom is 0.417 e. The Hall–Kier alpha value is -2.75. The van der Waals surface area contributed by atoms with Crippen LogP contribution in [0.25, 0.3) is 0 Å². The van der Waals surface area contributed by atoms with E-state index in [0.717, 1.165) is 31.6 Å². The highest BCUT2D eigenvalue weighted by Gasteiger charge is 2.35. The molecule has 0 N–H and O–H groups in total. The summed E-state index contributed by atoms with van der Waals surface area (Å²) in [6, 6.07) is 3.16. The number of carbonyl (C=O) groups is 1. The standard InChI is InChI=1S/C23H29F3N6O/c1-15-13-31(20-5-4-18(12-27-20)23(24,25)26)10-11-32(15)19-6-8-30(9-7-19)22(33)21-16(2)28-14-29-17(21)3/h4-5,12,14-15,19H,6-11,13H2,1-3H3. The maximum atomic E-state index is 13.0. The van der Waals surface area contributed by atoms with Gasteiger partial charge in [0.15, 0.2) is 0 Å². The summed E-state index contributed by atoms with van der Waals surface area (Å²) in [4.78, 5) is 31.8. The van der Waals surface area contributed by atoms with Crippen LogP contribution in [0.2, 0.25) is 0 Å². The number of hydrogen-bond donors (Lipinski definition) is 0. The minimum Gasteiger partial charge on any atom is -0.354 e. The summed E-state index contributed by atoms with van der Waals surface area (Å²) in [6.45, 7) is 9.41. The van der Waals surface area contributed by atoms with Crippen molar-refractivity contribution < 1.29 is 18.0 Å². The molecule has 4 rings (SSSR count). The highest BCUT2D eigenvalue weighted by molar-refractivity contribution is 5.96. The van der Waals surface area contributed by atoms with E-state index in [1.807, 2.05) is 23.6 Å². The van der Waals surface area contributed by atoms with E-state index in [9.17, 15) is 18.0 Å². The van der Waals surface area contributed by atoms with Gasteiger partial charge in [0.1, 0.15) is 12.1 Å². The first kappa shape index (κ1) is 23.4. The molecule has 2 aromatic heterocycles. The number of halogens is 3. The van der Waals surface area contributed by atoms with E-state index >= 15 is 0 Å². The Labute approximate surface area is 191 Å². The molecular formula is C23H29F3N6O. The molecule has 0 bridgehead atoms. The Bertz CT molecular complexity index is 968. The van der Waals surface area contributed by atoms with Crippen molar-refractivity contribution in [3.63, 3.8) is 0 Å². The van der Waals surface area contributed by atoms with E-state index in [1.165, 1.54) is 12.4 Å². The van der Waals surface area contributed by atoms with Gasteiger partial charge in [-0.3, -0.25) is 9.69 Å². The molecule has 0 aromatic carbocycles. The summed E-state index contributed by atoms with van der Waals surface area (Å²) in [5.74, 6) is 0.570. The second-order valence-corrected chi connectivity index (χ2v) is 8.88. The lowest BCUT2D eigenvalue weighted by atomic mass is 9.98. The SMILES string of the molecule is Cc1ncnc(C)c1C(=O)N1CCC(N2CCN(c3ccc(C(F)(F)F)cn3)CC2C)CC1. The van der Waals surface area contributed by atoms with Gasteiger partial charge >= 0.3 is 6.18 Å². The number of aryl methyl sites for hydroxylation is 2. The fraction of sp³-hybridized carbons (Fsp3) is 0.565. The van der Waals surface area contributed by atoms with E-state index in [4.69, 9.17) is 0 Å². The summed E-state index contributed by atoms with van der Waals surface area (Å²) >= 11 is 0. The summed E-state index contributed by atoms with van der Waals surface area (Å²) in [7, 11) is 0. The molecule has 0 radical (unpaired) electrons. The van der Waals surface area contributed by atoms with Crippen molar-refractivity contribution in [2.75, 3.05) is 37.6 Å². The number of aromatic nitrogens is 3. The summed E-state index contributed by atoms with van der Waals surface area (Å²) in [5.41, 5.74) is 1.28. The van der Waals surface area contributed by atoms with Crippen LogP contribution in [0.1, 0.15) is 47.1 Å². The summed E-state index contributed by atoms with van der Waals surface area (Å²) in [5, 5.41) is 0. The van der Waals surface area contributed by atoms with Gasteiger partial charge in [-0.2, -0.15) is 13.2 Å². The van der Waals surface area contributed by atoms with Crippen molar-refractivity contribution in [1.82, 2.24) is 24.8 Å².